The second-order valence-corrected chi connectivity index (χ2v) is 7.99. The minimum Gasteiger partial charge on any atom is -0.497 e. The Morgan fingerprint density at radius 1 is 1.15 bits per heavy atom. The lowest BCUT2D eigenvalue weighted by Crippen LogP contribution is -2.40. The highest BCUT2D eigenvalue weighted by atomic mass is 79.9. The van der Waals surface area contributed by atoms with Gasteiger partial charge in [0.1, 0.15) is 5.75 Å². The third-order valence-corrected chi connectivity index (χ3v) is 5.62. The van der Waals surface area contributed by atoms with Gasteiger partial charge in [0.15, 0.2) is 0 Å². The summed E-state index contributed by atoms with van der Waals surface area (Å²) >= 11 is 3.53. The summed E-state index contributed by atoms with van der Waals surface area (Å²) in [5, 5.41) is 3.11. The van der Waals surface area contributed by atoms with Crippen molar-refractivity contribution in [2.24, 2.45) is 5.92 Å². The number of ether oxygens (including phenoxy) is 1. The van der Waals surface area contributed by atoms with Crippen LogP contribution in [0.3, 0.4) is 0 Å². The highest BCUT2D eigenvalue weighted by Gasteiger charge is 2.24. The van der Waals surface area contributed by atoms with Gasteiger partial charge < -0.3 is 10.1 Å². The van der Waals surface area contributed by atoms with Crippen LogP contribution in [-0.2, 0) is 17.8 Å². The van der Waals surface area contributed by atoms with Gasteiger partial charge >= 0.3 is 0 Å². The van der Waals surface area contributed by atoms with E-state index in [-0.39, 0.29) is 11.8 Å². The molecule has 4 nitrogen and oxygen atoms in total. The summed E-state index contributed by atoms with van der Waals surface area (Å²) < 4.78 is 6.28. The molecule has 1 fully saturated rings. The van der Waals surface area contributed by atoms with E-state index in [2.05, 4.69) is 44.3 Å². The molecule has 2 aromatic carbocycles. The lowest BCUT2D eigenvalue weighted by Gasteiger charge is -2.31. The van der Waals surface area contributed by atoms with Crippen molar-refractivity contribution in [3.05, 3.63) is 64.1 Å². The van der Waals surface area contributed by atoms with E-state index in [1.54, 1.807) is 7.11 Å². The first-order chi connectivity index (χ1) is 13.1. The molecule has 0 unspecified atom stereocenters. The summed E-state index contributed by atoms with van der Waals surface area (Å²) in [6, 6.07) is 16.4. The Labute approximate surface area is 170 Å². The van der Waals surface area contributed by atoms with E-state index in [0.717, 1.165) is 49.1 Å². The van der Waals surface area contributed by atoms with Gasteiger partial charge in [0.25, 0.3) is 0 Å². The van der Waals surface area contributed by atoms with Crippen LogP contribution in [0.15, 0.2) is 53.0 Å². The number of nitrogens with one attached hydrogen (secondary N) is 1. The number of hydrogen-bond donors (Lipinski definition) is 1. The maximum absolute atomic E-state index is 12.4. The molecule has 2 aromatic rings. The second kappa shape index (κ2) is 9.90. The molecular formula is C22H27BrN2O2. The monoisotopic (exact) mass is 430 g/mol. The third kappa shape index (κ3) is 6.08. The number of rotatable bonds is 7. The van der Waals surface area contributed by atoms with Crippen LogP contribution in [0.25, 0.3) is 0 Å². The normalized spacial score (nSPS) is 15.5. The van der Waals surface area contributed by atoms with Crippen molar-refractivity contribution < 1.29 is 9.53 Å². The van der Waals surface area contributed by atoms with Crippen molar-refractivity contribution in [3.63, 3.8) is 0 Å². The molecule has 144 valence electrons. The van der Waals surface area contributed by atoms with E-state index in [0.29, 0.717) is 6.54 Å². The zero-order chi connectivity index (χ0) is 19.1. The average molecular weight is 431 g/mol. The second-order valence-electron chi connectivity index (χ2n) is 7.07. The first-order valence-corrected chi connectivity index (χ1v) is 10.3. The molecule has 0 bridgehead atoms. The molecule has 0 aliphatic carbocycles. The van der Waals surface area contributed by atoms with Crippen molar-refractivity contribution >= 4 is 21.8 Å². The fourth-order valence-corrected chi connectivity index (χ4v) is 3.96. The van der Waals surface area contributed by atoms with Crippen molar-refractivity contribution in [3.8, 4) is 5.75 Å². The maximum atomic E-state index is 12.4. The smallest absolute Gasteiger partial charge is 0.223 e. The first-order valence-electron chi connectivity index (χ1n) is 9.51. The summed E-state index contributed by atoms with van der Waals surface area (Å²) in [4.78, 5) is 14.9. The topological polar surface area (TPSA) is 41.6 Å². The van der Waals surface area contributed by atoms with Gasteiger partial charge in [0, 0.05) is 23.5 Å². The van der Waals surface area contributed by atoms with Gasteiger partial charge in [-0.05, 0) is 67.7 Å². The molecule has 0 atom stereocenters. The first kappa shape index (κ1) is 19.9. The predicted octanol–water partition coefficient (Wildman–Crippen LogP) is 4.03. The van der Waals surface area contributed by atoms with Gasteiger partial charge in [0.2, 0.25) is 5.91 Å². The van der Waals surface area contributed by atoms with Gasteiger partial charge in [0.05, 0.1) is 7.11 Å². The molecule has 3 rings (SSSR count). The van der Waals surface area contributed by atoms with E-state index >= 15 is 0 Å². The highest BCUT2D eigenvalue weighted by molar-refractivity contribution is 9.10. The lowest BCUT2D eigenvalue weighted by atomic mass is 9.95. The molecule has 27 heavy (non-hydrogen) atoms. The summed E-state index contributed by atoms with van der Waals surface area (Å²) in [6.07, 6.45) is 2.71. The van der Waals surface area contributed by atoms with Crippen LogP contribution in [-0.4, -0.2) is 37.6 Å². The number of halogens is 1. The fraction of sp³-hybridized carbons (Fsp3) is 0.409. The largest absolute Gasteiger partial charge is 0.497 e. The number of carbonyl (C=O) groups excluding carboxylic acids is 1. The van der Waals surface area contributed by atoms with E-state index in [9.17, 15) is 4.79 Å². The van der Waals surface area contributed by atoms with Crippen LogP contribution in [0.1, 0.15) is 24.0 Å². The molecule has 1 heterocycles. The Hall–Kier alpha value is -1.85. The van der Waals surface area contributed by atoms with Crippen molar-refractivity contribution in [1.82, 2.24) is 10.2 Å². The van der Waals surface area contributed by atoms with Crippen LogP contribution < -0.4 is 10.1 Å². The van der Waals surface area contributed by atoms with Crippen LogP contribution in [0.5, 0.6) is 5.75 Å². The van der Waals surface area contributed by atoms with Crippen molar-refractivity contribution in [2.45, 2.75) is 25.8 Å². The van der Waals surface area contributed by atoms with Crippen LogP contribution >= 0.6 is 15.9 Å². The minimum absolute atomic E-state index is 0.139. The molecule has 0 aromatic heterocycles. The van der Waals surface area contributed by atoms with Crippen LogP contribution in [0.4, 0.5) is 0 Å². The third-order valence-electron chi connectivity index (χ3n) is 5.13. The summed E-state index contributed by atoms with van der Waals surface area (Å²) in [5.41, 5.74) is 2.52. The minimum atomic E-state index is 0.139. The standard InChI is InChI=1S/C22H27BrN2O2/c1-27-21-7-5-17(6-8-21)9-12-24-22(26)19-10-13-25(14-11-19)16-18-3-2-4-20(23)15-18/h2-8,15,19H,9-14,16H2,1H3,(H,24,26). The number of hydrogen-bond acceptors (Lipinski definition) is 3. The SMILES string of the molecule is COc1ccc(CCNC(=O)C2CCN(Cc3cccc(Br)c3)CC2)cc1. The zero-order valence-electron chi connectivity index (χ0n) is 15.8. The number of benzene rings is 2. The Morgan fingerprint density at radius 3 is 2.56 bits per heavy atom. The van der Waals surface area contributed by atoms with E-state index < -0.39 is 0 Å². The van der Waals surface area contributed by atoms with Crippen molar-refractivity contribution in [1.29, 1.82) is 0 Å². The fourth-order valence-electron chi connectivity index (χ4n) is 3.51. The lowest BCUT2D eigenvalue weighted by molar-refractivity contribution is -0.126. The summed E-state index contributed by atoms with van der Waals surface area (Å²) in [7, 11) is 1.67. The molecule has 1 aliphatic rings. The Morgan fingerprint density at radius 2 is 1.89 bits per heavy atom. The summed E-state index contributed by atoms with van der Waals surface area (Å²) in [5.74, 6) is 1.20. The predicted molar refractivity (Wildman–Crippen MR) is 112 cm³/mol. The molecule has 1 saturated heterocycles. The molecule has 0 saturated carbocycles. The van der Waals surface area contributed by atoms with E-state index in [1.807, 2.05) is 30.3 Å². The number of carbonyl (C=O) groups is 1. The van der Waals surface area contributed by atoms with Crippen molar-refractivity contribution in [2.75, 3.05) is 26.7 Å². The van der Waals surface area contributed by atoms with Gasteiger partial charge in [-0.15, -0.1) is 0 Å². The molecular weight excluding hydrogens is 404 g/mol. The number of amides is 1. The number of piperidine rings is 1. The quantitative estimate of drug-likeness (QED) is 0.720. The molecule has 1 N–H and O–H groups in total. The van der Waals surface area contributed by atoms with Gasteiger partial charge in [-0.3, -0.25) is 9.69 Å². The average Bonchev–Trinajstić information content (AvgIpc) is 2.69. The maximum Gasteiger partial charge on any atom is 0.223 e. The van der Waals surface area contributed by atoms with E-state index in [1.165, 1.54) is 11.1 Å². The van der Waals surface area contributed by atoms with Gasteiger partial charge in [-0.1, -0.05) is 40.2 Å². The Bertz CT molecular complexity index is 740. The highest BCUT2D eigenvalue weighted by Crippen LogP contribution is 2.20. The molecule has 0 radical (unpaired) electrons. The van der Waals surface area contributed by atoms with Crippen LogP contribution in [0.2, 0.25) is 0 Å². The van der Waals surface area contributed by atoms with E-state index in [4.69, 9.17) is 4.74 Å². The molecule has 1 amide bonds. The number of likely N-dealkylation sites (tertiary alicyclic amines) is 1. The molecule has 1 aliphatic heterocycles. The van der Waals surface area contributed by atoms with Crippen LogP contribution in [0, 0.1) is 5.92 Å². The van der Waals surface area contributed by atoms with Gasteiger partial charge in [-0.2, -0.15) is 0 Å². The Kier molecular flexibility index (Phi) is 7.30. The molecule has 5 heteroatoms. The number of methoxy groups -OCH3 is 1. The Balaban J connectivity index is 1.37. The summed E-state index contributed by atoms with van der Waals surface area (Å²) in [6.45, 7) is 3.58. The molecule has 0 spiro atoms. The number of nitrogens with zero attached hydrogens (tertiary/aromatic N) is 1. The zero-order valence-corrected chi connectivity index (χ0v) is 17.4. The van der Waals surface area contributed by atoms with Gasteiger partial charge in [-0.25, -0.2) is 0 Å².